The molecule has 0 atom stereocenters. The monoisotopic (exact) mass is 508 g/mol. The Kier molecular flexibility index (Phi) is 5.03. The zero-order valence-electron chi connectivity index (χ0n) is 13.7. The Morgan fingerprint density at radius 1 is 0.926 bits per heavy atom. The smallest absolute Gasteiger partial charge is 0.263 e. The molecule has 27 heavy (non-hydrogen) atoms. The van der Waals surface area contributed by atoms with Crippen molar-refractivity contribution in [3.63, 3.8) is 0 Å². The van der Waals surface area contributed by atoms with Crippen molar-refractivity contribution in [3.8, 4) is 0 Å². The Bertz CT molecular complexity index is 1090. The van der Waals surface area contributed by atoms with Crippen molar-refractivity contribution in [2.75, 3.05) is 4.90 Å². The number of rotatable bonds is 2. The van der Waals surface area contributed by atoms with Crippen LogP contribution in [0.15, 0.2) is 66.9 Å². The molecular formula is C19H11Cl2IN4O. The van der Waals surface area contributed by atoms with Crippen molar-refractivity contribution in [2.45, 2.75) is 0 Å². The summed E-state index contributed by atoms with van der Waals surface area (Å²) in [5.41, 5.74) is 2.43. The minimum absolute atomic E-state index is 0.0404. The van der Waals surface area contributed by atoms with E-state index in [2.05, 4.69) is 32.6 Å². The molecule has 0 saturated heterocycles. The summed E-state index contributed by atoms with van der Waals surface area (Å²) in [6.45, 7) is 0. The van der Waals surface area contributed by atoms with E-state index in [-0.39, 0.29) is 16.5 Å². The number of amides is 1. The number of para-hydroxylation sites is 2. The minimum atomic E-state index is -0.298. The topological polar surface area (TPSA) is 51.0 Å². The van der Waals surface area contributed by atoms with Crippen LogP contribution in [-0.2, 0) is 0 Å². The van der Waals surface area contributed by atoms with Crippen molar-refractivity contribution < 1.29 is 4.79 Å². The standard InChI is InChI=1S/C19H11Cl2IN4O/c20-17-16-15(23-18(21)24-17)14(22)11-25(16)19(27)26(12-7-3-1-4-8-12)13-9-5-2-6-10-13/h1-11H. The number of anilines is 2. The maximum Gasteiger partial charge on any atom is 0.337 e. The van der Waals surface area contributed by atoms with Gasteiger partial charge in [0.2, 0.25) is 5.28 Å². The first kappa shape index (κ1) is 18.2. The SMILES string of the molecule is O=C(N(c1ccccc1)c1ccccc1)n1cc(I)c2nc(Cl)nc(Cl)c21. The summed E-state index contributed by atoms with van der Waals surface area (Å²) < 4.78 is 2.21. The Morgan fingerprint density at radius 3 is 2.04 bits per heavy atom. The molecule has 0 unspecified atom stereocenters. The maximum atomic E-state index is 13.5. The molecule has 0 saturated carbocycles. The molecular weight excluding hydrogens is 498 g/mol. The first-order valence-electron chi connectivity index (χ1n) is 7.90. The average Bonchev–Trinajstić information content (AvgIpc) is 3.01. The Morgan fingerprint density at radius 2 is 1.48 bits per heavy atom. The summed E-state index contributed by atoms with van der Waals surface area (Å²) in [5, 5.41) is 0.168. The molecule has 134 valence electrons. The fourth-order valence-corrected chi connectivity index (χ4v) is 3.93. The van der Waals surface area contributed by atoms with Crippen molar-refractivity contribution >= 4 is 74.2 Å². The molecule has 0 aliphatic heterocycles. The molecule has 2 aromatic carbocycles. The molecule has 0 N–H and O–H groups in total. The molecule has 2 aromatic heterocycles. The van der Waals surface area contributed by atoms with Gasteiger partial charge in [0, 0.05) is 6.20 Å². The van der Waals surface area contributed by atoms with Crippen molar-refractivity contribution in [2.24, 2.45) is 0 Å². The third-order valence-corrected chi connectivity index (χ3v) is 5.17. The lowest BCUT2D eigenvalue weighted by molar-refractivity contribution is 0.250. The van der Waals surface area contributed by atoms with Gasteiger partial charge in [-0.1, -0.05) is 48.0 Å². The number of hydrogen-bond acceptors (Lipinski definition) is 3. The largest absolute Gasteiger partial charge is 0.337 e. The molecule has 2 heterocycles. The van der Waals surface area contributed by atoms with E-state index in [9.17, 15) is 4.79 Å². The Balaban J connectivity index is 1.92. The molecule has 0 aliphatic rings. The lowest BCUT2D eigenvalue weighted by Crippen LogP contribution is -2.30. The van der Waals surface area contributed by atoms with E-state index in [1.54, 1.807) is 11.1 Å². The van der Waals surface area contributed by atoms with E-state index in [1.807, 2.05) is 60.7 Å². The number of benzene rings is 2. The van der Waals surface area contributed by atoms with Crippen molar-refractivity contribution in [1.82, 2.24) is 14.5 Å². The number of carbonyl (C=O) groups excluding carboxylic acids is 1. The maximum absolute atomic E-state index is 13.5. The quantitative estimate of drug-likeness (QED) is 0.185. The molecule has 0 radical (unpaired) electrons. The summed E-state index contributed by atoms with van der Waals surface area (Å²) in [4.78, 5) is 23.4. The number of halogens is 3. The van der Waals surface area contributed by atoms with Crippen LogP contribution in [0.2, 0.25) is 10.4 Å². The normalized spacial score (nSPS) is 10.9. The third-order valence-electron chi connectivity index (χ3n) is 3.95. The molecule has 0 spiro atoms. The Hall–Kier alpha value is -2.16. The summed E-state index contributed by atoms with van der Waals surface area (Å²) in [6.07, 6.45) is 1.68. The van der Waals surface area contributed by atoms with Gasteiger partial charge in [0.05, 0.1) is 14.9 Å². The van der Waals surface area contributed by atoms with E-state index >= 15 is 0 Å². The van der Waals surface area contributed by atoms with Crippen LogP contribution in [0.4, 0.5) is 16.2 Å². The van der Waals surface area contributed by atoms with Crippen molar-refractivity contribution in [3.05, 3.63) is 80.9 Å². The highest BCUT2D eigenvalue weighted by Gasteiger charge is 2.24. The molecule has 0 bridgehead atoms. The number of nitrogens with zero attached hydrogens (tertiary/aromatic N) is 4. The molecule has 4 rings (SSSR count). The van der Waals surface area contributed by atoms with Crippen LogP contribution in [0.25, 0.3) is 11.0 Å². The molecule has 0 fully saturated rings. The number of carbonyl (C=O) groups is 1. The van der Waals surface area contributed by atoms with E-state index in [0.717, 1.165) is 14.9 Å². The summed E-state index contributed by atoms with van der Waals surface area (Å²) in [6, 6.07) is 18.5. The van der Waals surface area contributed by atoms with Gasteiger partial charge < -0.3 is 0 Å². The first-order valence-corrected chi connectivity index (χ1v) is 9.74. The van der Waals surface area contributed by atoms with E-state index in [1.165, 1.54) is 4.57 Å². The van der Waals surface area contributed by atoms with E-state index in [4.69, 9.17) is 23.2 Å². The van der Waals surface area contributed by atoms with E-state index < -0.39 is 0 Å². The molecule has 0 aliphatic carbocycles. The third kappa shape index (κ3) is 3.40. The summed E-state index contributed by atoms with van der Waals surface area (Å²) >= 11 is 14.3. The molecule has 4 aromatic rings. The lowest BCUT2D eigenvalue weighted by atomic mass is 10.2. The van der Waals surface area contributed by atoms with Crippen LogP contribution in [0.3, 0.4) is 0 Å². The zero-order chi connectivity index (χ0) is 19.0. The van der Waals surface area contributed by atoms with Gasteiger partial charge in [-0.05, 0) is 58.5 Å². The predicted molar refractivity (Wildman–Crippen MR) is 116 cm³/mol. The highest BCUT2D eigenvalue weighted by molar-refractivity contribution is 14.1. The second-order valence-electron chi connectivity index (χ2n) is 5.62. The second kappa shape index (κ2) is 7.46. The van der Waals surface area contributed by atoms with Gasteiger partial charge in [0.15, 0.2) is 5.15 Å². The van der Waals surface area contributed by atoms with Crippen LogP contribution in [-0.4, -0.2) is 20.6 Å². The van der Waals surface area contributed by atoms with Crippen LogP contribution in [0.1, 0.15) is 0 Å². The fraction of sp³-hybridized carbons (Fsp3) is 0. The fourth-order valence-electron chi connectivity index (χ4n) is 2.80. The van der Waals surface area contributed by atoms with Crippen LogP contribution in [0, 0.1) is 3.57 Å². The van der Waals surface area contributed by atoms with Gasteiger partial charge >= 0.3 is 6.03 Å². The number of aromatic nitrogens is 3. The van der Waals surface area contributed by atoms with Crippen LogP contribution < -0.4 is 4.90 Å². The number of fused-ring (bicyclic) bond motifs is 1. The Labute approximate surface area is 178 Å². The van der Waals surface area contributed by atoms with E-state index in [0.29, 0.717) is 11.0 Å². The van der Waals surface area contributed by atoms with Gasteiger partial charge in [-0.15, -0.1) is 0 Å². The predicted octanol–water partition coefficient (Wildman–Crippen LogP) is 6.15. The van der Waals surface area contributed by atoms with Gasteiger partial charge in [-0.3, -0.25) is 9.47 Å². The molecule has 8 heteroatoms. The summed E-state index contributed by atoms with van der Waals surface area (Å²) in [5.74, 6) is 0. The number of hydrogen-bond donors (Lipinski definition) is 0. The van der Waals surface area contributed by atoms with Gasteiger partial charge in [0.1, 0.15) is 11.0 Å². The first-order chi connectivity index (χ1) is 13.1. The minimum Gasteiger partial charge on any atom is -0.263 e. The average molecular weight is 509 g/mol. The summed E-state index contributed by atoms with van der Waals surface area (Å²) in [7, 11) is 0. The van der Waals surface area contributed by atoms with Gasteiger partial charge in [0.25, 0.3) is 0 Å². The van der Waals surface area contributed by atoms with Crippen LogP contribution in [0.5, 0.6) is 0 Å². The van der Waals surface area contributed by atoms with Gasteiger partial charge in [-0.25, -0.2) is 14.8 Å². The van der Waals surface area contributed by atoms with Gasteiger partial charge in [-0.2, -0.15) is 0 Å². The highest BCUT2D eigenvalue weighted by Crippen LogP contribution is 2.31. The molecule has 1 amide bonds. The lowest BCUT2D eigenvalue weighted by Gasteiger charge is -2.23. The highest BCUT2D eigenvalue weighted by atomic mass is 127. The molecule has 5 nitrogen and oxygen atoms in total. The van der Waals surface area contributed by atoms with Crippen LogP contribution >= 0.6 is 45.8 Å². The van der Waals surface area contributed by atoms with Crippen molar-refractivity contribution in [1.29, 1.82) is 0 Å². The second-order valence-corrected chi connectivity index (χ2v) is 7.48. The zero-order valence-corrected chi connectivity index (χ0v) is 17.4.